The second-order valence-corrected chi connectivity index (χ2v) is 2.69. The van der Waals surface area contributed by atoms with Gasteiger partial charge in [-0.05, 0) is 12.8 Å². The van der Waals surface area contributed by atoms with Crippen LogP contribution in [0.25, 0.3) is 0 Å². The molecular formula is C7H11N3. The summed E-state index contributed by atoms with van der Waals surface area (Å²) in [6.07, 6.45) is 6.51. The number of nitrogens with one attached hydrogen (secondary N) is 1. The number of aromatic nitrogens is 2. The van der Waals surface area contributed by atoms with Gasteiger partial charge in [0.25, 0.3) is 0 Å². The van der Waals surface area contributed by atoms with Crippen molar-refractivity contribution < 1.29 is 0 Å². The third-order valence-corrected chi connectivity index (χ3v) is 1.81. The van der Waals surface area contributed by atoms with Gasteiger partial charge in [0.1, 0.15) is 0 Å². The van der Waals surface area contributed by atoms with Gasteiger partial charge in [0, 0.05) is 13.2 Å². The minimum atomic E-state index is 0.696. The van der Waals surface area contributed by atoms with Crippen LogP contribution in [0.15, 0.2) is 12.4 Å². The highest BCUT2D eigenvalue weighted by atomic mass is 15.3. The van der Waals surface area contributed by atoms with E-state index in [1.54, 1.807) is 0 Å². The standard InChI is InChI=1S/C7H11N3/c1-8-6-4-9-10(5-6)7-2-3-7/h4-5,7-8H,2-3H2,1H3. The predicted octanol–water partition coefficient (Wildman–Crippen LogP) is 1.26. The van der Waals surface area contributed by atoms with Crippen LogP contribution >= 0.6 is 0 Å². The van der Waals surface area contributed by atoms with Crippen molar-refractivity contribution in [1.82, 2.24) is 9.78 Å². The summed E-state index contributed by atoms with van der Waals surface area (Å²) in [7, 11) is 1.91. The second-order valence-electron chi connectivity index (χ2n) is 2.69. The first-order valence-corrected chi connectivity index (χ1v) is 3.62. The highest BCUT2D eigenvalue weighted by Gasteiger charge is 2.23. The lowest BCUT2D eigenvalue weighted by Crippen LogP contribution is -1.92. The molecule has 1 N–H and O–H groups in total. The SMILES string of the molecule is CNc1cnn(C2CC2)c1. The Labute approximate surface area is 60.0 Å². The minimum absolute atomic E-state index is 0.696. The van der Waals surface area contributed by atoms with Gasteiger partial charge in [-0.1, -0.05) is 0 Å². The number of nitrogens with zero attached hydrogens (tertiary/aromatic N) is 2. The van der Waals surface area contributed by atoms with Crippen LogP contribution in [0.4, 0.5) is 5.69 Å². The fourth-order valence-corrected chi connectivity index (χ4v) is 1.01. The van der Waals surface area contributed by atoms with Crippen LogP contribution in [0, 0.1) is 0 Å². The zero-order chi connectivity index (χ0) is 6.97. The first kappa shape index (κ1) is 5.77. The van der Waals surface area contributed by atoms with E-state index >= 15 is 0 Å². The molecule has 3 nitrogen and oxygen atoms in total. The maximum Gasteiger partial charge on any atom is 0.0724 e. The molecule has 1 saturated carbocycles. The highest BCUT2D eigenvalue weighted by molar-refractivity contribution is 5.37. The Bertz CT molecular complexity index is 225. The number of hydrogen-bond donors (Lipinski definition) is 1. The molecule has 10 heavy (non-hydrogen) atoms. The Balaban J connectivity index is 2.19. The van der Waals surface area contributed by atoms with E-state index in [1.807, 2.05) is 17.9 Å². The molecule has 0 spiro atoms. The molecule has 1 aromatic heterocycles. The normalized spacial score (nSPS) is 17.3. The highest BCUT2D eigenvalue weighted by Crippen LogP contribution is 2.34. The lowest BCUT2D eigenvalue weighted by molar-refractivity contribution is 0.642. The van der Waals surface area contributed by atoms with Crippen molar-refractivity contribution >= 4 is 5.69 Å². The largest absolute Gasteiger partial charge is 0.386 e. The molecule has 1 fully saturated rings. The van der Waals surface area contributed by atoms with Gasteiger partial charge in [0.15, 0.2) is 0 Å². The van der Waals surface area contributed by atoms with Gasteiger partial charge in [0.05, 0.1) is 17.9 Å². The summed E-state index contributed by atoms with van der Waals surface area (Å²) in [6.45, 7) is 0. The van der Waals surface area contributed by atoms with Gasteiger partial charge in [0.2, 0.25) is 0 Å². The quantitative estimate of drug-likeness (QED) is 0.665. The fraction of sp³-hybridized carbons (Fsp3) is 0.571. The first-order valence-electron chi connectivity index (χ1n) is 3.62. The lowest BCUT2D eigenvalue weighted by Gasteiger charge is -1.93. The van der Waals surface area contributed by atoms with Crippen molar-refractivity contribution in [1.29, 1.82) is 0 Å². The monoisotopic (exact) mass is 137 g/mol. The Morgan fingerprint density at radius 2 is 2.50 bits per heavy atom. The number of rotatable bonds is 2. The Hall–Kier alpha value is -0.990. The third-order valence-electron chi connectivity index (χ3n) is 1.81. The molecule has 1 aliphatic carbocycles. The van der Waals surface area contributed by atoms with Crippen LogP contribution in [-0.2, 0) is 0 Å². The molecule has 54 valence electrons. The van der Waals surface area contributed by atoms with Crippen LogP contribution in [-0.4, -0.2) is 16.8 Å². The summed E-state index contributed by atoms with van der Waals surface area (Å²) in [4.78, 5) is 0. The Kier molecular flexibility index (Phi) is 1.16. The topological polar surface area (TPSA) is 29.9 Å². The second kappa shape index (κ2) is 2.01. The molecule has 1 aromatic rings. The van der Waals surface area contributed by atoms with Crippen molar-refractivity contribution in [3.8, 4) is 0 Å². The van der Waals surface area contributed by atoms with E-state index in [1.165, 1.54) is 12.8 Å². The van der Waals surface area contributed by atoms with E-state index in [4.69, 9.17) is 0 Å². The molecule has 0 aromatic carbocycles. The average molecular weight is 137 g/mol. The van der Waals surface area contributed by atoms with Crippen LogP contribution in [0.3, 0.4) is 0 Å². The molecule has 0 unspecified atom stereocenters. The number of anilines is 1. The van der Waals surface area contributed by atoms with E-state index in [-0.39, 0.29) is 0 Å². The van der Waals surface area contributed by atoms with E-state index < -0.39 is 0 Å². The van der Waals surface area contributed by atoms with E-state index in [2.05, 4.69) is 16.6 Å². The zero-order valence-electron chi connectivity index (χ0n) is 6.04. The van der Waals surface area contributed by atoms with Crippen molar-refractivity contribution in [2.45, 2.75) is 18.9 Å². The maximum absolute atomic E-state index is 4.20. The molecule has 2 rings (SSSR count). The summed E-state index contributed by atoms with van der Waals surface area (Å²) in [5, 5.41) is 7.25. The summed E-state index contributed by atoms with van der Waals surface area (Å²) in [5.74, 6) is 0. The van der Waals surface area contributed by atoms with Gasteiger partial charge in [-0.2, -0.15) is 5.10 Å². The van der Waals surface area contributed by atoms with Crippen molar-refractivity contribution in [2.75, 3.05) is 12.4 Å². The summed E-state index contributed by atoms with van der Waals surface area (Å²) < 4.78 is 2.03. The van der Waals surface area contributed by atoms with E-state index in [0.29, 0.717) is 6.04 Å². The molecule has 0 aliphatic heterocycles. The maximum atomic E-state index is 4.20. The Morgan fingerprint density at radius 1 is 1.70 bits per heavy atom. The molecule has 0 amide bonds. The zero-order valence-corrected chi connectivity index (χ0v) is 6.04. The van der Waals surface area contributed by atoms with Gasteiger partial charge >= 0.3 is 0 Å². The van der Waals surface area contributed by atoms with Gasteiger partial charge in [-0.3, -0.25) is 4.68 Å². The van der Waals surface area contributed by atoms with Gasteiger partial charge in [-0.15, -0.1) is 0 Å². The lowest BCUT2D eigenvalue weighted by atomic mass is 10.6. The van der Waals surface area contributed by atoms with E-state index in [0.717, 1.165) is 5.69 Å². The van der Waals surface area contributed by atoms with Crippen LogP contribution < -0.4 is 5.32 Å². The van der Waals surface area contributed by atoms with Crippen LogP contribution in [0.5, 0.6) is 0 Å². The molecule has 1 heterocycles. The molecule has 0 saturated heterocycles. The van der Waals surface area contributed by atoms with Crippen molar-refractivity contribution in [2.24, 2.45) is 0 Å². The summed E-state index contributed by atoms with van der Waals surface area (Å²) in [5.41, 5.74) is 1.10. The molecule has 0 radical (unpaired) electrons. The molecule has 3 heteroatoms. The van der Waals surface area contributed by atoms with Crippen molar-refractivity contribution in [3.05, 3.63) is 12.4 Å². The van der Waals surface area contributed by atoms with Crippen molar-refractivity contribution in [3.63, 3.8) is 0 Å². The third kappa shape index (κ3) is 0.875. The van der Waals surface area contributed by atoms with Crippen LogP contribution in [0.1, 0.15) is 18.9 Å². The fourth-order valence-electron chi connectivity index (χ4n) is 1.01. The smallest absolute Gasteiger partial charge is 0.0724 e. The summed E-state index contributed by atoms with van der Waals surface area (Å²) in [6, 6.07) is 0.696. The summed E-state index contributed by atoms with van der Waals surface area (Å²) >= 11 is 0. The molecule has 1 aliphatic rings. The molecule has 0 atom stereocenters. The first-order chi connectivity index (χ1) is 4.90. The molecular weight excluding hydrogens is 126 g/mol. The number of hydrogen-bond acceptors (Lipinski definition) is 2. The Morgan fingerprint density at radius 3 is 3.00 bits per heavy atom. The van der Waals surface area contributed by atoms with Crippen LogP contribution in [0.2, 0.25) is 0 Å². The predicted molar refractivity (Wildman–Crippen MR) is 40.0 cm³/mol. The van der Waals surface area contributed by atoms with E-state index in [9.17, 15) is 0 Å². The molecule has 0 bridgehead atoms. The average Bonchev–Trinajstić information content (AvgIpc) is 2.70. The minimum Gasteiger partial charge on any atom is -0.386 e. The van der Waals surface area contributed by atoms with Gasteiger partial charge in [-0.25, -0.2) is 0 Å². The van der Waals surface area contributed by atoms with Gasteiger partial charge < -0.3 is 5.32 Å².